The van der Waals surface area contributed by atoms with Gasteiger partial charge in [-0.1, -0.05) is 35.9 Å². The number of benzene rings is 2. The minimum Gasteiger partial charge on any atom is -0.344 e. The lowest BCUT2D eigenvalue weighted by molar-refractivity contribution is 0.0926. The van der Waals surface area contributed by atoms with Crippen molar-refractivity contribution in [2.45, 2.75) is 18.9 Å². The minimum atomic E-state index is -0.194. The average Bonchev–Trinajstić information content (AvgIpc) is 3.45. The number of hydrogen-bond donors (Lipinski definition) is 1. The molecule has 4 rings (SSSR count). The van der Waals surface area contributed by atoms with Gasteiger partial charge in [-0.15, -0.1) is 0 Å². The quantitative estimate of drug-likeness (QED) is 0.777. The molecule has 24 heavy (non-hydrogen) atoms. The van der Waals surface area contributed by atoms with Crippen molar-refractivity contribution < 1.29 is 4.79 Å². The van der Waals surface area contributed by atoms with E-state index in [1.54, 1.807) is 0 Å². The van der Waals surface area contributed by atoms with Gasteiger partial charge in [0.25, 0.3) is 5.91 Å². The van der Waals surface area contributed by atoms with Gasteiger partial charge in [0.05, 0.1) is 23.3 Å². The Balaban J connectivity index is 1.59. The third kappa shape index (κ3) is 3.10. The van der Waals surface area contributed by atoms with E-state index in [1.807, 2.05) is 48.5 Å². The summed E-state index contributed by atoms with van der Waals surface area (Å²) in [4.78, 5) is 21.4. The van der Waals surface area contributed by atoms with Gasteiger partial charge in [0.2, 0.25) is 0 Å². The van der Waals surface area contributed by atoms with Crippen molar-refractivity contribution in [2.75, 3.05) is 0 Å². The van der Waals surface area contributed by atoms with Crippen molar-refractivity contribution in [3.8, 4) is 0 Å². The monoisotopic (exact) mass is 337 g/mol. The third-order valence-corrected chi connectivity index (χ3v) is 4.54. The first-order chi connectivity index (χ1) is 11.7. The number of amides is 1. The van der Waals surface area contributed by atoms with Crippen molar-refractivity contribution >= 4 is 28.5 Å². The van der Waals surface area contributed by atoms with Crippen LogP contribution < -0.4 is 5.32 Å². The minimum absolute atomic E-state index is 0.0111. The first-order valence-electron chi connectivity index (χ1n) is 7.99. The molecule has 0 spiro atoms. The second kappa shape index (κ2) is 6.21. The van der Waals surface area contributed by atoms with Gasteiger partial charge >= 0.3 is 0 Å². The fraction of sp³-hybridized carbons (Fsp3) is 0.211. The van der Waals surface area contributed by atoms with Gasteiger partial charge in [0.15, 0.2) is 0 Å². The van der Waals surface area contributed by atoms with Crippen molar-refractivity contribution in [2.24, 2.45) is 5.92 Å². The molecule has 5 heteroatoms. The second-order valence-corrected chi connectivity index (χ2v) is 6.52. The topological polar surface area (TPSA) is 54.9 Å². The molecule has 1 aliphatic rings. The molecule has 3 aromatic rings. The predicted molar refractivity (Wildman–Crippen MR) is 93.9 cm³/mol. The molecule has 1 amide bonds. The van der Waals surface area contributed by atoms with Crippen molar-refractivity contribution in [1.82, 2.24) is 15.3 Å². The summed E-state index contributed by atoms with van der Waals surface area (Å²) in [5.74, 6) is 0.281. The summed E-state index contributed by atoms with van der Waals surface area (Å²) >= 11 is 5.96. The zero-order chi connectivity index (χ0) is 16.5. The Hall–Kier alpha value is -2.46. The van der Waals surface area contributed by atoms with Crippen LogP contribution in [0.1, 0.15) is 34.9 Å². The molecular weight excluding hydrogens is 322 g/mol. The molecule has 0 bridgehead atoms. The first-order valence-corrected chi connectivity index (χ1v) is 8.36. The Labute approximate surface area is 144 Å². The number of halogens is 1. The van der Waals surface area contributed by atoms with E-state index < -0.39 is 0 Å². The van der Waals surface area contributed by atoms with Crippen molar-refractivity contribution in [3.63, 3.8) is 0 Å². The van der Waals surface area contributed by atoms with Gasteiger partial charge in [0, 0.05) is 5.02 Å². The van der Waals surface area contributed by atoms with Gasteiger partial charge in [0.1, 0.15) is 5.69 Å². The van der Waals surface area contributed by atoms with Crippen molar-refractivity contribution in [3.05, 3.63) is 71.0 Å². The zero-order valence-corrected chi connectivity index (χ0v) is 13.7. The van der Waals surface area contributed by atoms with Gasteiger partial charge in [-0.2, -0.15) is 0 Å². The van der Waals surface area contributed by atoms with Gasteiger partial charge in [-0.25, -0.2) is 4.98 Å². The fourth-order valence-electron chi connectivity index (χ4n) is 2.85. The number of aromatic nitrogens is 2. The van der Waals surface area contributed by atoms with Crippen LogP contribution in [0.25, 0.3) is 11.0 Å². The van der Waals surface area contributed by atoms with E-state index in [-0.39, 0.29) is 11.9 Å². The Morgan fingerprint density at radius 3 is 2.50 bits per heavy atom. The van der Waals surface area contributed by atoms with Gasteiger partial charge < -0.3 is 5.32 Å². The highest BCUT2D eigenvalue weighted by molar-refractivity contribution is 6.30. The molecule has 1 aromatic heterocycles. The maximum absolute atomic E-state index is 12.6. The highest BCUT2D eigenvalue weighted by atomic mass is 35.5. The molecule has 2 aromatic carbocycles. The van der Waals surface area contributed by atoms with Crippen LogP contribution >= 0.6 is 11.6 Å². The van der Waals surface area contributed by atoms with Crippen molar-refractivity contribution in [1.29, 1.82) is 0 Å². The highest BCUT2D eigenvalue weighted by Gasteiger charge is 2.33. The number of nitrogens with one attached hydrogen (secondary N) is 1. The average molecular weight is 338 g/mol. The number of rotatable bonds is 4. The van der Waals surface area contributed by atoms with E-state index in [0.717, 1.165) is 29.4 Å². The molecule has 1 unspecified atom stereocenters. The molecule has 120 valence electrons. The van der Waals surface area contributed by atoms with Gasteiger partial charge in [-0.05, 0) is 48.6 Å². The number of para-hydroxylation sites is 2. The lowest BCUT2D eigenvalue weighted by Crippen LogP contribution is -2.30. The summed E-state index contributed by atoms with van der Waals surface area (Å²) in [5, 5.41) is 3.81. The van der Waals surface area contributed by atoms with E-state index in [4.69, 9.17) is 11.6 Å². The van der Waals surface area contributed by atoms with Crippen LogP contribution in [-0.4, -0.2) is 15.9 Å². The van der Waals surface area contributed by atoms with E-state index in [0.29, 0.717) is 16.6 Å². The maximum atomic E-state index is 12.6. The standard InChI is InChI=1S/C19H16ClN3O/c20-14-9-7-13(8-10-14)18(12-5-6-12)23-19(24)17-11-21-15-3-1-2-4-16(15)22-17/h1-4,7-12,18H,5-6H2,(H,23,24). The number of nitrogens with zero attached hydrogens (tertiary/aromatic N) is 2. The maximum Gasteiger partial charge on any atom is 0.271 e. The molecule has 1 atom stereocenters. The summed E-state index contributed by atoms with van der Waals surface area (Å²) in [6.45, 7) is 0. The Bertz CT molecular complexity index is 891. The van der Waals surface area contributed by atoms with E-state index in [9.17, 15) is 4.79 Å². The summed E-state index contributed by atoms with van der Waals surface area (Å²) in [6, 6.07) is 15.2. The number of hydrogen-bond acceptors (Lipinski definition) is 3. The van der Waals surface area contributed by atoms with Gasteiger partial charge in [-0.3, -0.25) is 9.78 Å². The smallest absolute Gasteiger partial charge is 0.271 e. The van der Waals surface area contributed by atoms with E-state index >= 15 is 0 Å². The largest absolute Gasteiger partial charge is 0.344 e. The molecule has 4 nitrogen and oxygen atoms in total. The summed E-state index contributed by atoms with van der Waals surface area (Å²) < 4.78 is 0. The van der Waals surface area contributed by atoms with E-state index in [1.165, 1.54) is 6.20 Å². The van der Waals surface area contributed by atoms with Crippen LogP contribution in [0.5, 0.6) is 0 Å². The Morgan fingerprint density at radius 1 is 1.08 bits per heavy atom. The number of carbonyl (C=O) groups is 1. The third-order valence-electron chi connectivity index (χ3n) is 4.29. The number of carbonyl (C=O) groups excluding carboxylic acids is 1. The molecule has 1 fully saturated rings. The van der Waals surface area contributed by atoms with Crippen LogP contribution in [0.2, 0.25) is 5.02 Å². The summed E-state index contributed by atoms with van der Waals surface area (Å²) in [7, 11) is 0. The summed E-state index contributed by atoms with van der Waals surface area (Å²) in [5.41, 5.74) is 2.92. The highest BCUT2D eigenvalue weighted by Crippen LogP contribution is 2.41. The van der Waals surface area contributed by atoms with Crippen LogP contribution in [0, 0.1) is 5.92 Å². The molecule has 0 saturated heterocycles. The zero-order valence-electron chi connectivity index (χ0n) is 12.9. The molecule has 0 radical (unpaired) electrons. The Kier molecular flexibility index (Phi) is 3.90. The number of fused-ring (bicyclic) bond motifs is 1. The summed E-state index contributed by atoms with van der Waals surface area (Å²) in [6.07, 6.45) is 3.78. The normalized spacial score (nSPS) is 15.2. The lowest BCUT2D eigenvalue weighted by Gasteiger charge is -2.18. The second-order valence-electron chi connectivity index (χ2n) is 6.08. The first kappa shape index (κ1) is 15.1. The molecule has 0 aliphatic heterocycles. The van der Waals surface area contributed by atoms with E-state index in [2.05, 4.69) is 15.3 Å². The van der Waals surface area contributed by atoms with Crippen LogP contribution in [0.15, 0.2) is 54.7 Å². The lowest BCUT2D eigenvalue weighted by atomic mass is 10.0. The molecule has 1 aliphatic carbocycles. The molecular formula is C19H16ClN3O. The predicted octanol–water partition coefficient (Wildman–Crippen LogP) is 4.16. The van der Waals surface area contributed by atoms with Crippen LogP contribution in [0.4, 0.5) is 0 Å². The fourth-order valence-corrected chi connectivity index (χ4v) is 2.98. The molecule has 1 heterocycles. The van der Waals surface area contributed by atoms with Crippen LogP contribution in [-0.2, 0) is 0 Å². The molecule has 1 saturated carbocycles. The SMILES string of the molecule is O=C(NC(c1ccc(Cl)cc1)C1CC1)c1cnc2ccccc2n1. The molecule has 1 N–H and O–H groups in total. The Morgan fingerprint density at radius 2 is 1.79 bits per heavy atom. The van der Waals surface area contributed by atoms with Crippen LogP contribution in [0.3, 0.4) is 0 Å².